The van der Waals surface area contributed by atoms with Gasteiger partial charge in [-0.25, -0.2) is 0 Å². The van der Waals surface area contributed by atoms with Gasteiger partial charge in [-0.2, -0.15) is 0 Å². The Labute approximate surface area is 89.2 Å². The van der Waals surface area contributed by atoms with Crippen LogP contribution in [0.1, 0.15) is 20.3 Å². The third kappa shape index (κ3) is 6.93. The van der Waals surface area contributed by atoms with E-state index >= 15 is 0 Å². The average Bonchev–Trinajstić information content (AvgIpc) is 2.12. The highest BCUT2D eigenvalue weighted by molar-refractivity contribution is 6.43. The second-order valence-electron chi connectivity index (χ2n) is 3.72. The minimum atomic E-state index is -1.59. The molecule has 6 nitrogen and oxygen atoms in total. The van der Waals surface area contributed by atoms with Crippen LogP contribution in [0.3, 0.4) is 0 Å². The third-order valence-electron chi connectivity index (χ3n) is 1.78. The Kier molecular flexibility index (Phi) is 6.73. The first kappa shape index (κ1) is 13.9. The van der Waals surface area contributed by atoms with Crippen LogP contribution in [0.4, 0.5) is 0 Å². The zero-order valence-electron chi connectivity index (χ0n) is 8.93. The molecule has 0 radical (unpaired) electrons. The van der Waals surface area contributed by atoms with Gasteiger partial charge in [0.2, 0.25) is 12.3 Å². The molecule has 4 N–H and O–H groups in total. The molecule has 1 atom stereocenters. The Morgan fingerprint density at radius 1 is 1.47 bits per heavy atom. The van der Waals surface area contributed by atoms with Gasteiger partial charge in [-0.1, -0.05) is 13.8 Å². The molecule has 1 unspecified atom stereocenters. The van der Waals surface area contributed by atoms with Gasteiger partial charge in [0.05, 0.1) is 12.5 Å². The number of hydrogen-bond acceptors (Lipinski definition) is 4. The molecule has 86 valence electrons. The van der Waals surface area contributed by atoms with Crippen molar-refractivity contribution in [1.82, 2.24) is 10.6 Å². The lowest BCUT2D eigenvalue weighted by Crippen LogP contribution is -2.49. The van der Waals surface area contributed by atoms with E-state index in [1.54, 1.807) is 0 Å². The highest BCUT2D eigenvalue weighted by Gasteiger charge is 2.25. The van der Waals surface area contributed by atoms with Gasteiger partial charge in [-0.05, 0) is 12.3 Å². The van der Waals surface area contributed by atoms with Crippen LogP contribution in [0.2, 0.25) is 0 Å². The van der Waals surface area contributed by atoms with Gasteiger partial charge >= 0.3 is 7.12 Å². The molecule has 7 heteroatoms. The van der Waals surface area contributed by atoms with Crippen molar-refractivity contribution in [2.75, 3.05) is 6.54 Å². The van der Waals surface area contributed by atoms with Crippen molar-refractivity contribution in [3.63, 3.8) is 0 Å². The number of rotatable bonds is 7. The number of carbonyl (C=O) groups is 2. The Bertz CT molecular complexity index is 211. The number of carbonyl (C=O) groups excluding carboxylic acids is 2. The van der Waals surface area contributed by atoms with Crippen LogP contribution in [0, 0.1) is 5.92 Å². The third-order valence-corrected chi connectivity index (χ3v) is 1.78. The van der Waals surface area contributed by atoms with E-state index in [9.17, 15) is 9.59 Å². The van der Waals surface area contributed by atoms with Crippen molar-refractivity contribution < 1.29 is 19.6 Å². The predicted molar refractivity (Wildman–Crippen MR) is 55.6 cm³/mol. The molecule has 0 bridgehead atoms. The quantitative estimate of drug-likeness (QED) is 0.300. The lowest BCUT2D eigenvalue weighted by molar-refractivity contribution is -0.122. The number of amides is 2. The van der Waals surface area contributed by atoms with Gasteiger partial charge in [0.25, 0.3) is 0 Å². The molecule has 0 aromatic carbocycles. The normalized spacial score (nSPS) is 12.1. The van der Waals surface area contributed by atoms with E-state index in [-0.39, 0.29) is 12.5 Å². The topological polar surface area (TPSA) is 98.7 Å². The summed E-state index contributed by atoms with van der Waals surface area (Å²) in [5, 5.41) is 22.6. The number of hydrogen-bond donors (Lipinski definition) is 4. The summed E-state index contributed by atoms with van der Waals surface area (Å²) in [4.78, 5) is 21.1. The summed E-state index contributed by atoms with van der Waals surface area (Å²) in [5.74, 6) is -0.914. The first-order valence-corrected chi connectivity index (χ1v) is 4.80. The fraction of sp³-hybridized carbons (Fsp3) is 0.750. The summed E-state index contributed by atoms with van der Waals surface area (Å²) in [5.41, 5.74) is 0. The molecular formula is C8H17BN2O4. The molecule has 0 fully saturated rings. The van der Waals surface area contributed by atoms with Crippen LogP contribution in [0.15, 0.2) is 0 Å². The second-order valence-corrected chi connectivity index (χ2v) is 3.72. The summed E-state index contributed by atoms with van der Waals surface area (Å²) in [6.07, 6.45) is 0.872. The molecule has 15 heavy (non-hydrogen) atoms. The fourth-order valence-corrected chi connectivity index (χ4v) is 1.16. The monoisotopic (exact) mass is 216 g/mol. The van der Waals surface area contributed by atoms with Crippen molar-refractivity contribution in [1.29, 1.82) is 0 Å². The van der Waals surface area contributed by atoms with Crippen molar-refractivity contribution in [3.05, 3.63) is 0 Å². The highest BCUT2D eigenvalue weighted by atomic mass is 16.4. The summed E-state index contributed by atoms with van der Waals surface area (Å²) >= 11 is 0. The molecule has 0 aliphatic rings. The zero-order chi connectivity index (χ0) is 11.8. The van der Waals surface area contributed by atoms with Crippen LogP contribution in [-0.4, -0.2) is 42.0 Å². The highest BCUT2D eigenvalue weighted by Crippen LogP contribution is 2.05. The Morgan fingerprint density at radius 2 is 2.07 bits per heavy atom. The van der Waals surface area contributed by atoms with Crippen molar-refractivity contribution in [2.24, 2.45) is 5.92 Å². The minimum absolute atomic E-state index is 0.162. The maximum atomic E-state index is 11.1. The molecule has 0 spiro atoms. The molecule has 0 aliphatic heterocycles. The first-order chi connectivity index (χ1) is 6.97. The van der Waals surface area contributed by atoms with Crippen molar-refractivity contribution in [2.45, 2.75) is 26.2 Å². The molecule has 0 rings (SSSR count). The first-order valence-electron chi connectivity index (χ1n) is 4.80. The predicted octanol–water partition coefficient (Wildman–Crippen LogP) is -1.72. The van der Waals surface area contributed by atoms with Crippen LogP contribution in [0.5, 0.6) is 0 Å². The fourth-order valence-electron chi connectivity index (χ4n) is 1.16. The van der Waals surface area contributed by atoms with Gasteiger partial charge in [0.15, 0.2) is 0 Å². The van der Waals surface area contributed by atoms with E-state index in [0.717, 1.165) is 0 Å². The largest absolute Gasteiger partial charge is 0.475 e. The molecular weight excluding hydrogens is 199 g/mol. The van der Waals surface area contributed by atoms with E-state index in [1.807, 2.05) is 13.8 Å². The van der Waals surface area contributed by atoms with Crippen LogP contribution in [0.25, 0.3) is 0 Å². The van der Waals surface area contributed by atoms with E-state index in [2.05, 4.69) is 10.6 Å². The van der Waals surface area contributed by atoms with Crippen molar-refractivity contribution >= 4 is 19.4 Å². The Morgan fingerprint density at radius 3 is 2.47 bits per heavy atom. The molecule has 2 amide bonds. The van der Waals surface area contributed by atoms with E-state index in [1.165, 1.54) is 0 Å². The smallest absolute Gasteiger partial charge is 0.426 e. The lowest BCUT2D eigenvalue weighted by atomic mass is 9.75. The molecule has 0 aromatic heterocycles. The zero-order valence-corrected chi connectivity index (χ0v) is 8.93. The van der Waals surface area contributed by atoms with Gasteiger partial charge in [-0.15, -0.1) is 0 Å². The van der Waals surface area contributed by atoms with Crippen molar-refractivity contribution in [3.8, 4) is 0 Å². The molecule has 0 saturated carbocycles. The number of nitrogens with one attached hydrogen (secondary N) is 2. The molecule has 0 saturated heterocycles. The Hall–Kier alpha value is -1.08. The summed E-state index contributed by atoms with van der Waals surface area (Å²) < 4.78 is 0. The van der Waals surface area contributed by atoms with Crippen LogP contribution < -0.4 is 10.6 Å². The van der Waals surface area contributed by atoms with E-state index in [4.69, 9.17) is 10.0 Å². The van der Waals surface area contributed by atoms with Gasteiger partial charge in [0, 0.05) is 0 Å². The second kappa shape index (κ2) is 7.25. The summed E-state index contributed by atoms with van der Waals surface area (Å²) in [7, 11) is -1.59. The maximum absolute atomic E-state index is 11.1. The van der Waals surface area contributed by atoms with Gasteiger partial charge < -0.3 is 20.7 Å². The Balaban J connectivity index is 4.04. The lowest BCUT2D eigenvalue weighted by Gasteiger charge is -2.19. The summed E-state index contributed by atoms with van der Waals surface area (Å²) in [6, 6.07) is 0. The molecule has 0 aliphatic carbocycles. The minimum Gasteiger partial charge on any atom is -0.426 e. The molecule has 0 aromatic rings. The van der Waals surface area contributed by atoms with E-state index < -0.39 is 19.0 Å². The van der Waals surface area contributed by atoms with Crippen LogP contribution in [-0.2, 0) is 9.59 Å². The van der Waals surface area contributed by atoms with Gasteiger partial charge in [-0.3, -0.25) is 9.59 Å². The van der Waals surface area contributed by atoms with E-state index in [0.29, 0.717) is 12.8 Å². The average molecular weight is 216 g/mol. The molecule has 0 heterocycles. The summed E-state index contributed by atoms with van der Waals surface area (Å²) in [6.45, 7) is 3.65. The maximum Gasteiger partial charge on any atom is 0.475 e. The SMILES string of the molecule is CC(C)CC(NC(=O)CNC=O)B(O)O. The van der Waals surface area contributed by atoms with Gasteiger partial charge in [0.1, 0.15) is 0 Å². The standard InChI is InChI=1S/C8H17BN2O4/c1-6(2)3-7(9(14)15)11-8(13)4-10-5-12/h5-7,14-15H,3-4H2,1-2H3,(H,10,12)(H,11,13). The van der Waals surface area contributed by atoms with Crippen LogP contribution >= 0.6 is 0 Å².